The van der Waals surface area contributed by atoms with E-state index in [1.54, 1.807) is 37.3 Å². The maximum Gasteiger partial charge on any atom is 0.274 e. The Morgan fingerprint density at radius 3 is 2.58 bits per heavy atom. The lowest BCUT2D eigenvalue weighted by molar-refractivity contribution is 0.102. The molecule has 2 aromatic carbocycles. The molecule has 0 spiro atoms. The second-order valence-electron chi connectivity index (χ2n) is 5.96. The van der Waals surface area contributed by atoms with Crippen LogP contribution in [0.15, 0.2) is 60.7 Å². The molecule has 0 aliphatic heterocycles. The minimum atomic E-state index is -0.299. The zero-order valence-electron chi connectivity index (χ0n) is 14.6. The lowest BCUT2D eigenvalue weighted by Crippen LogP contribution is -2.21. The van der Waals surface area contributed by atoms with Crippen LogP contribution < -0.4 is 10.2 Å². The van der Waals surface area contributed by atoms with E-state index in [2.05, 4.69) is 27.4 Å². The molecule has 0 radical (unpaired) electrons. The predicted molar refractivity (Wildman–Crippen MR) is 105 cm³/mol. The van der Waals surface area contributed by atoms with Crippen LogP contribution in [0.5, 0.6) is 0 Å². The van der Waals surface area contributed by atoms with E-state index in [0.29, 0.717) is 34.6 Å². The SMILES string of the molecule is Cc1nc(C(=O)Nc2cccc(Cl)c2)cc(N(C)Cc2ccccc2)n1. The van der Waals surface area contributed by atoms with Gasteiger partial charge in [0, 0.05) is 30.4 Å². The summed E-state index contributed by atoms with van der Waals surface area (Å²) in [5.41, 5.74) is 2.10. The molecule has 0 aliphatic rings. The van der Waals surface area contributed by atoms with Crippen LogP contribution in [0.2, 0.25) is 5.02 Å². The first kappa shape index (κ1) is 17.9. The smallest absolute Gasteiger partial charge is 0.274 e. The van der Waals surface area contributed by atoms with Gasteiger partial charge < -0.3 is 10.2 Å². The van der Waals surface area contributed by atoms with Crippen molar-refractivity contribution in [2.45, 2.75) is 13.5 Å². The highest BCUT2D eigenvalue weighted by molar-refractivity contribution is 6.30. The van der Waals surface area contributed by atoms with E-state index in [1.165, 1.54) is 0 Å². The van der Waals surface area contributed by atoms with Gasteiger partial charge >= 0.3 is 0 Å². The molecule has 0 fully saturated rings. The summed E-state index contributed by atoms with van der Waals surface area (Å²) in [6, 6.07) is 18.8. The van der Waals surface area contributed by atoms with Crippen LogP contribution in [0.25, 0.3) is 0 Å². The second kappa shape index (κ2) is 7.97. The fraction of sp³-hybridized carbons (Fsp3) is 0.150. The van der Waals surface area contributed by atoms with Gasteiger partial charge in [-0.25, -0.2) is 9.97 Å². The van der Waals surface area contributed by atoms with E-state index in [4.69, 9.17) is 11.6 Å². The van der Waals surface area contributed by atoms with Crippen molar-refractivity contribution in [2.75, 3.05) is 17.3 Å². The third kappa shape index (κ3) is 4.58. The number of nitrogens with zero attached hydrogens (tertiary/aromatic N) is 3. The molecular formula is C20H19ClN4O. The van der Waals surface area contributed by atoms with Crippen molar-refractivity contribution in [3.63, 3.8) is 0 Å². The number of aromatic nitrogens is 2. The number of amides is 1. The van der Waals surface area contributed by atoms with Gasteiger partial charge in [0.2, 0.25) is 0 Å². The van der Waals surface area contributed by atoms with Crippen molar-refractivity contribution >= 4 is 29.0 Å². The first-order valence-corrected chi connectivity index (χ1v) is 8.57. The summed E-state index contributed by atoms with van der Waals surface area (Å²) in [6.07, 6.45) is 0. The van der Waals surface area contributed by atoms with Crippen molar-refractivity contribution < 1.29 is 4.79 Å². The van der Waals surface area contributed by atoms with Crippen molar-refractivity contribution in [1.29, 1.82) is 0 Å². The third-order valence-corrected chi connectivity index (χ3v) is 4.03. The minimum absolute atomic E-state index is 0.299. The minimum Gasteiger partial charge on any atom is -0.355 e. The number of hydrogen-bond acceptors (Lipinski definition) is 4. The summed E-state index contributed by atoms with van der Waals surface area (Å²) < 4.78 is 0. The zero-order valence-corrected chi connectivity index (χ0v) is 15.4. The van der Waals surface area contributed by atoms with Crippen LogP contribution in [-0.4, -0.2) is 22.9 Å². The molecule has 1 aromatic heterocycles. The molecule has 5 nitrogen and oxygen atoms in total. The Bertz CT molecular complexity index is 915. The van der Waals surface area contributed by atoms with Crippen LogP contribution in [0.4, 0.5) is 11.5 Å². The van der Waals surface area contributed by atoms with Crippen LogP contribution in [0.1, 0.15) is 21.9 Å². The molecule has 3 rings (SSSR count). The highest BCUT2D eigenvalue weighted by atomic mass is 35.5. The molecule has 26 heavy (non-hydrogen) atoms. The number of benzene rings is 2. The molecule has 3 aromatic rings. The van der Waals surface area contributed by atoms with Crippen LogP contribution >= 0.6 is 11.6 Å². The number of anilines is 2. The van der Waals surface area contributed by atoms with Crippen molar-refractivity contribution in [3.05, 3.63) is 82.8 Å². The molecule has 6 heteroatoms. The summed E-state index contributed by atoms with van der Waals surface area (Å²) in [4.78, 5) is 23.2. The first-order chi connectivity index (χ1) is 12.5. The molecule has 0 aliphatic carbocycles. The number of nitrogens with one attached hydrogen (secondary N) is 1. The fourth-order valence-electron chi connectivity index (χ4n) is 2.56. The van der Waals surface area contributed by atoms with Crippen molar-refractivity contribution in [3.8, 4) is 0 Å². The highest BCUT2D eigenvalue weighted by Gasteiger charge is 2.13. The summed E-state index contributed by atoms with van der Waals surface area (Å²) >= 11 is 5.96. The monoisotopic (exact) mass is 366 g/mol. The molecule has 1 amide bonds. The topological polar surface area (TPSA) is 58.1 Å². The van der Waals surface area contributed by atoms with Gasteiger partial charge in [-0.1, -0.05) is 48.0 Å². The van der Waals surface area contributed by atoms with Gasteiger partial charge in [-0.2, -0.15) is 0 Å². The summed E-state index contributed by atoms with van der Waals surface area (Å²) in [5, 5.41) is 3.37. The molecule has 132 valence electrons. The van der Waals surface area contributed by atoms with Crippen LogP contribution in [0, 0.1) is 6.92 Å². The molecule has 0 saturated heterocycles. The van der Waals surface area contributed by atoms with E-state index >= 15 is 0 Å². The Hall–Kier alpha value is -2.92. The average Bonchev–Trinajstić information content (AvgIpc) is 2.62. The lowest BCUT2D eigenvalue weighted by Gasteiger charge is -2.19. The number of carbonyl (C=O) groups excluding carboxylic acids is 1. The fourth-order valence-corrected chi connectivity index (χ4v) is 2.75. The maximum absolute atomic E-state index is 12.5. The van der Waals surface area contributed by atoms with Gasteiger partial charge in [-0.15, -0.1) is 0 Å². The third-order valence-electron chi connectivity index (χ3n) is 3.79. The summed E-state index contributed by atoms with van der Waals surface area (Å²) in [7, 11) is 1.94. The summed E-state index contributed by atoms with van der Waals surface area (Å²) in [5.74, 6) is 0.934. The van der Waals surface area contributed by atoms with E-state index in [1.807, 2.05) is 30.1 Å². The molecule has 0 saturated carbocycles. The van der Waals surface area contributed by atoms with Gasteiger partial charge in [0.15, 0.2) is 0 Å². The van der Waals surface area contributed by atoms with Gasteiger partial charge in [-0.05, 0) is 30.7 Å². The van der Waals surface area contributed by atoms with Gasteiger partial charge in [0.05, 0.1) is 0 Å². The number of hydrogen-bond donors (Lipinski definition) is 1. The Labute approximate surface area is 157 Å². The number of carbonyl (C=O) groups is 1. The van der Waals surface area contributed by atoms with Gasteiger partial charge in [-0.3, -0.25) is 4.79 Å². The Morgan fingerprint density at radius 2 is 1.85 bits per heavy atom. The highest BCUT2D eigenvalue weighted by Crippen LogP contribution is 2.18. The standard InChI is InChI=1S/C20H19ClN4O/c1-14-22-18(20(26)24-17-10-6-9-16(21)11-17)12-19(23-14)25(2)13-15-7-4-3-5-8-15/h3-12H,13H2,1-2H3,(H,24,26). The molecular weight excluding hydrogens is 348 g/mol. The number of rotatable bonds is 5. The van der Waals surface area contributed by atoms with E-state index in [-0.39, 0.29) is 5.91 Å². The maximum atomic E-state index is 12.5. The molecule has 0 atom stereocenters. The molecule has 0 unspecified atom stereocenters. The normalized spacial score (nSPS) is 10.4. The molecule has 1 heterocycles. The second-order valence-corrected chi connectivity index (χ2v) is 6.40. The first-order valence-electron chi connectivity index (χ1n) is 8.19. The van der Waals surface area contributed by atoms with E-state index in [9.17, 15) is 4.79 Å². The predicted octanol–water partition coefficient (Wildman–Crippen LogP) is 4.33. The Morgan fingerprint density at radius 1 is 1.08 bits per heavy atom. The van der Waals surface area contributed by atoms with Gasteiger partial charge in [0.25, 0.3) is 5.91 Å². The van der Waals surface area contributed by atoms with Crippen LogP contribution in [0.3, 0.4) is 0 Å². The van der Waals surface area contributed by atoms with Crippen molar-refractivity contribution in [1.82, 2.24) is 9.97 Å². The zero-order chi connectivity index (χ0) is 18.5. The number of aryl methyl sites for hydroxylation is 1. The van der Waals surface area contributed by atoms with E-state index < -0.39 is 0 Å². The van der Waals surface area contributed by atoms with E-state index in [0.717, 1.165) is 5.56 Å². The molecule has 0 bridgehead atoms. The van der Waals surface area contributed by atoms with Crippen LogP contribution in [-0.2, 0) is 6.54 Å². The Kier molecular flexibility index (Phi) is 5.49. The lowest BCUT2D eigenvalue weighted by atomic mass is 10.2. The quantitative estimate of drug-likeness (QED) is 0.730. The Balaban J connectivity index is 1.79. The van der Waals surface area contributed by atoms with Crippen molar-refractivity contribution in [2.24, 2.45) is 0 Å². The largest absolute Gasteiger partial charge is 0.355 e. The molecule has 1 N–H and O–H groups in total. The summed E-state index contributed by atoms with van der Waals surface area (Å²) in [6.45, 7) is 2.46. The number of halogens is 1. The average molecular weight is 367 g/mol. The van der Waals surface area contributed by atoms with Gasteiger partial charge in [0.1, 0.15) is 17.3 Å².